The maximum absolute atomic E-state index is 4.50. The van der Waals surface area contributed by atoms with Gasteiger partial charge in [-0.3, -0.25) is 0 Å². The van der Waals surface area contributed by atoms with Crippen LogP contribution in [0.4, 0.5) is 0 Å². The van der Waals surface area contributed by atoms with Gasteiger partial charge in [-0.1, -0.05) is 49.6 Å². The van der Waals surface area contributed by atoms with Gasteiger partial charge in [0.05, 0.1) is 17.6 Å². The van der Waals surface area contributed by atoms with E-state index in [0.29, 0.717) is 6.04 Å². The minimum absolute atomic E-state index is 0.237. The van der Waals surface area contributed by atoms with Crippen LogP contribution in [0.2, 0.25) is 0 Å². The summed E-state index contributed by atoms with van der Waals surface area (Å²) in [5, 5.41) is 0. The average Bonchev–Trinajstić information content (AvgIpc) is 2.41. The monoisotopic (exact) mass is 242 g/mol. The van der Waals surface area contributed by atoms with E-state index >= 15 is 0 Å². The Morgan fingerprint density at radius 3 is 2.39 bits per heavy atom. The van der Waals surface area contributed by atoms with Crippen molar-refractivity contribution in [3.8, 4) is 0 Å². The summed E-state index contributed by atoms with van der Waals surface area (Å²) in [4.78, 5) is 8.98. The molecule has 1 saturated carbocycles. The average molecular weight is 242 g/mol. The summed E-state index contributed by atoms with van der Waals surface area (Å²) in [5.74, 6) is 0. The molecule has 0 spiro atoms. The second kappa shape index (κ2) is 5.97. The van der Waals surface area contributed by atoms with E-state index in [4.69, 9.17) is 0 Å². The first kappa shape index (κ1) is 13.0. The van der Waals surface area contributed by atoms with Crippen LogP contribution in [0.3, 0.4) is 0 Å². The first-order valence-corrected chi connectivity index (χ1v) is 6.91. The highest BCUT2D eigenvalue weighted by molar-refractivity contribution is 5.44. The SMILES string of the molecule is CC(C)(N=C=NC1CCCCC1)c1ccccc1. The smallest absolute Gasteiger partial charge is 0.0910 e. The Hall–Kier alpha value is -1.40. The van der Waals surface area contributed by atoms with Gasteiger partial charge >= 0.3 is 0 Å². The molecule has 1 aliphatic carbocycles. The lowest BCUT2D eigenvalue weighted by Gasteiger charge is -2.18. The second-order valence-electron chi connectivity index (χ2n) is 5.56. The maximum atomic E-state index is 4.50. The molecular formula is C16H22N2. The van der Waals surface area contributed by atoms with Crippen LogP contribution in [0.15, 0.2) is 40.3 Å². The van der Waals surface area contributed by atoms with Gasteiger partial charge in [-0.25, -0.2) is 9.98 Å². The molecule has 0 aliphatic heterocycles. The molecule has 0 atom stereocenters. The van der Waals surface area contributed by atoms with Crippen LogP contribution in [0.1, 0.15) is 51.5 Å². The molecule has 2 rings (SSSR count). The van der Waals surface area contributed by atoms with Crippen LogP contribution in [-0.2, 0) is 5.54 Å². The van der Waals surface area contributed by atoms with Gasteiger partial charge in [0.1, 0.15) is 0 Å². The fourth-order valence-electron chi connectivity index (χ4n) is 2.36. The number of aliphatic imine (C=N–C) groups is 2. The number of nitrogens with zero attached hydrogens (tertiary/aromatic N) is 2. The van der Waals surface area contributed by atoms with E-state index in [1.54, 1.807) is 0 Å². The summed E-state index contributed by atoms with van der Waals surface area (Å²) >= 11 is 0. The zero-order valence-electron chi connectivity index (χ0n) is 11.4. The highest BCUT2D eigenvalue weighted by Gasteiger charge is 2.18. The summed E-state index contributed by atoms with van der Waals surface area (Å²) < 4.78 is 0. The molecule has 1 aromatic rings. The lowest BCUT2D eigenvalue weighted by atomic mass is 9.95. The van der Waals surface area contributed by atoms with Crippen molar-refractivity contribution in [3.05, 3.63) is 35.9 Å². The van der Waals surface area contributed by atoms with E-state index in [1.807, 2.05) is 18.2 Å². The van der Waals surface area contributed by atoms with E-state index in [-0.39, 0.29) is 5.54 Å². The van der Waals surface area contributed by atoms with Gasteiger partial charge in [0, 0.05) is 0 Å². The van der Waals surface area contributed by atoms with Crippen LogP contribution < -0.4 is 0 Å². The molecule has 0 unspecified atom stereocenters. The van der Waals surface area contributed by atoms with Crippen LogP contribution in [-0.4, -0.2) is 12.1 Å². The van der Waals surface area contributed by atoms with Crippen LogP contribution in [0.5, 0.6) is 0 Å². The second-order valence-corrected chi connectivity index (χ2v) is 5.56. The summed E-state index contributed by atoms with van der Waals surface area (Å²) in [7, 11) is 0. The number of rotatable bonds is 3. The topological polar surface area (TPSA) is 24.7 Å². The quantitative estimate of drug-likeness (QED) is 0.701. The Labute approximate surface area is 110 Å². The highest BCUT2D eigenvalue weighted by atomic mass is 14.9. The number of hydrogen-bond donors (Lipinski definition) is 0. The van der Waals surface area contributed by atoms with Crippen molar-refractivity contribution in [1.29, 1.82) is 0 Å². The minimum Gasteiger partial charge on any atom is -0.222 e. The molecular weight excluding hydrogens is 220 g/mol. The Morgan fingerprint density at radius 2 is 1.72 bits per heavy atom. The van der Waals surface area contributed by atoms with Crippen LogP contribution >= 0.6 is 0 Å². The summed E-state index contributed by atoms with van der Waals surface area (Å²) in [5.41, 5.74) is 0.968. The third-order valence-electron chi connectivity index (χ3n) is 3.62. The fraction of sp³-hybridized carbons (Fsp3) is 0.562. The van der Waals surface area contributed by atoms with E-state index in [9.17, 15) is 0 Å². The van der Waals surface area contributed by atoms with Gasteiger partial charge in [0.15, 0.2) is 0 Å². The molecule has 0 N–H and O–H groups in total. The first-order valence-electron chi connectivity index (χ1n) is 6.91. The molecule has 0 bridgehead atoms. The van der Waals surface area contributed by atoms with Crippen molar-refractivity contribution in [1.82, 2.24) is 0 Å². The minimum atomic E-state index is -0.237. The largest absolute Gasteiger partial charge is 0.222 e. The molecule has 0 saturated heterocycles. The summed E-state index contributed by atoms with van der Waals surface area (Å²) in [6, 6.07) is 13.7. The first-order chi connectivity index (χ1) is 8.68. The number of hydrogen-bond acceptors (Lipinski definition) is 2. The molecule has 2 nitrogen and oxygen atoms in total. The van der Waals surface area contributed by atoms with Crippen LogP contribution in [0.25, 0.3) is 0 Å². The molecule has 1 fully saturated rings. The molecule has 0 radical (unpaired) electrons. The van der Waals surface area contributed by atoms with E-state index in [2.05, 4.69) is 42.0 Å². The number of benzene rings is 1. The Bertz CT molecular complexity index is 422. The van der Waals surface area contributed by atoms with Crippen molar-refractivity contribution in [2.75, 3.05) is 0 Å². The predicted octanol–water partition coefficient (Wildman–Crippen LogP) is 4.43. The molecule has 0 heterocycles. The van der Waals surface area contributed by atoms with E-state index < -0.39 is 0 Å². The van der Waals surface area contributed by atoms with E-state index in [1.165, 1.54) is 37.7 Å². The standard InChI is InChI=1S/C16H22N2/c1-16(2,14-9-5-3-6-10-14)18-13-17-15-11-7-4-8-12-15/h3,5-6,9-10,15H,4,7-8,11-12H2,1-2H3. The van der Waals surface area contributed by atoms with Crippen molar-refractivity contribution in [2.45, 2.75) is 57.5 Å². The molecule has 0 amide bonds. The van der Waals surface area contributed by atoms with Crippen molar-refractivity contribution < 1.29 is 0 Å². The van der Waals surface area contributed by atoms with Crippen LogP contribution in [0, 0.1) is 0 Å². The van der Waals surface area contributed by atoms with Gasteiger partial charge < -0.3 is 0 Å². The van der Waals surface area contributed by atoms with Gasteiger partial charge in [-0.05, 0) is 32.3 Å². The molecule has 2 heteroatoms. The third kappa shape index (κ3) is 3.54. The Morgan fingerprint density at radius 1 is 1.06 bits per heavy atom. The summed E-state index contributed by atoms with van der Waals surface area (Å²) in [6.07, 6.45) is 6.37. The van der Waals surface area contributed by atoms with Gasteiger partial charge in [-0.2, -0.15) is 0 Å². The van der Waals surface area contributed by atoms with Gasteiger partial charge in [0.25, 0.3) is 0 Å². The molecule has 1 aliphatic rings. The highest BCUT2D eigenvalue weighted by Crippen LogP contribution is 2.24. The molecule has 96 valence electrons. The zero-order chi connectivity index (χ0) is 12.8. The molecule has 18 heavy (non-hydrogen) atoms. The van der Waals surface area contributed by atoms with Gasteiger partial charge in [0.2, 0.25) is 0 Å². The van der Waals surface area contributed by atoms with Crippen molar-refractivity contribution in [3.63, 3.8) is 0 Å². The Kier molecular flexibility index (Phi) is 4.33. The maximum Gasteiger partial charge on any atom is 0.0910 e. The predicted molar refractivity (Wildman–Crippen MR) is 76.2 cm³/mol. The van der Waals surface area contributed by atoms with Crippen molar-refractivity contribution >= 4 is 6.01 Å². The summed E-state index contributed by atoms with van der Waals surface area (Å²) in [6.45, 7) is 4.21. The van der Waals surface area contributed by atoms with E-state index in [0.717, 1.165) is 0 Å². The van der Waals surface area contributed by atoms with Gasteiger partial charge in [-0.15, -0.1) is 0 Å². The third-order valence-corrected chi connectivity index (χ3v) is 3.62. The van der Waals surface area contributed by atoms with Crippen molar-refractivity contribution in [2.24, 2.45) is 9.98 Å². The lowest BCUT2D eigenvalue weighted by Crippen LogP contribution is -2.13. The normalized spacial score (nSPS) is 17.0. The molecule has 1 aromatic carbocycles. The Balaban J connectivity index is 2.05. The fourth-order valence-corrected chi connectivity index (χ4v) is 2.36. The zero-order valence-corrected chi connectivity index (χ0v) is 11.4. The molecule has 0 aromatic heterocycles. The lowest BCUT2D eigenvalue weighted by molar-refractivity contribution is 0.444.